The van der Waals surface area contributed by atoms with Gasteiger partial charge in [-0.05, 0) is 42.4 Å². The molecule has 0 aliphatic heterocycles. The van der Waals surface area contributed by atoms with Crippen LogP contribution in [0.1, 0.15) is 54.5 Å². The van der Waals surface area contributed by atoms with Crippen molar-refractivity contribution in [3.63, 3.8) is 0 Å². The predicted octanol–water partition coefficient (Wildman–Crippen LogP) is 3.45. The molecule has 0 bridgehead atoms. The Morgan fingerprint density at radius 1 is 1.19 bits per heavy atom. The van der Waals surface area contributed by atoms with E-state index >= 15 is 0 Å². The fraction of sp³-hybridized carbons (Fsp3) is 0.412. The number of hydrogen-bond donors (Lipinski definition) is 2. The Morgan fingerprint density at radius 2 is 1.90 bits per heavy atom. The summed E-state index contributed by atoms with van der Waals surface area (Å²) in [6, 6.07) is 8.02. The smallest absolute Gasteiger partial charge is 0.276 e. The van der Waals surface area contributed by atoms with E-state index in [4.69, 9.17) is 0 Å². The number of carbonyl (C=O) groups is 1. The third-order valence-electron chi connectivity index (χ3n) is 4.03. The molecule has 1 aliphatic rings. The summed E-state index contributed by atoms with van der Waals surface area (Å²) in [5.41, 5.74) is 4.92. The van der Waals surface area contributed by atoms with E-state index in [-0.39, 0.29) is 11.3 Å². The van der Waals surface area contributed by atoms with Gasteiger partial charge in [0.25, 0.3) is 5.91 Å². The van der Waals surface area contributed by atoms with Crippen LogP contribution in [0.4, 0.5) is 5.69 Å². The van der Waals surface area contributed by atoms with E-state index in [1.54, 1.807) is 0 Å². The van der Waals surface area contributed by atoms with Gasteiger partial charge in [0, 0.05) is 16.9 Å². The van der Waals surface area contributed by atoms with Crippen LogP contribution >= 0.6 is 0 Å². The minimum absolute atomic E-state index is 0.117. The van der Waals surface area contributed by atoms with Crippen LogP contribution in [0.5, 0.6) is 0 Å². The van der Waals surface area contributed by atoms with Gasteiger partial charge >= 0.3 is 0 Å². The van der Waals surface area contributed by atoms with Gasteiger partial charge in [-0.15, -0.1) is 0 Å². The van der Waals surface area contributed by atoms with E-state index in [9.17, 15) is 4.79 Å². The van der Waals surface area contributed by atoms with Crippen molar-refractivity contribution in [2.45, 2.75) is 45.4 Å². The number of H-pyrrole nitrogens is 1. The highest BCUT2D eigenvalue weighted by Gasteiger charge is 2.23. The summed E-state index contributed by atoms with van der Waals surface area (Å²) in [4.78, 5) is 12.3. The number of carbonyl (C=O) groups excluding carboxylic acids is 1. The third kappa shape index (κ3) is 2.71. The van der Waals surface area contributed by atoms with Gasteiger partial charge in [-0.3, -0.25) is 9.89 Å². The van der Waals surface area contributed by atoms with Crippen LogP contribution < -0.4 is 5.32 Å². The molecule has 2 N–H and O–H groups in total. The number of aromatic amines is 1. The molecule has 0 saturated heterocycles. The number of nitrogens with zero attached hydrogens (tertiary/aromatic N) is 1. The maximum Gasteiger partial charge on any atom is 0.276 e. The minimum Gasteiger partial charge on any atom is -0.321 e. The van der Waals surface area contributed by atoms with Crippen molar-refractivity contribution < 1.29 is 4.79 Å². The molecule has 21 heavy (non-hydrogen) atoms. The summed E-state index contributed by atoms with van der Waals surface area (Å²) in [5.74, 6) is -0.127. The molecule has 1 aliphatic carbocycles. The second-order valence-electron chi connectivity index (χ2n) is 6.66. The molecule has 3 rings (SSSR count). The monoisotopic (exact) mass is 283 g/mol. The van der Waals surface area contributed by atoms with Crippen LogP contribution in [-0.4, -0.2) is 16.1 Å². The second-order valence-corrected chi connectivity index (χ2v) is 6.66. The van der Waals surface area contributed by atoms with Gasteiger partial charge in [0.1, 0.15) is 0 Å². The lowest BCUT2D eigenvalue weighted by Crippen LogP contribution is -2.15. The molecule has 0 atom stereocenters. The predicted molar refractivity (Wildman–Crippen MR) is 83.7 cm³/mol. The second kappa shape index (κ2) is 5.02. The number of nitrogens with one attached hydrogen (secondary N) is 2. The van der Waals surface area contributed by atoms with Crippen LogP contribution in [0.3, 0.4) is 0 Å². The average molecular weight is 283 g/mol. The zero-order chi connectivity index (χ0) is 15.0. The van der Waals surface area contributed by atoms with Gasteiger partial charge in [0.05, 0.1) is 0 Å². The first-order chi connectivity index (χ1) is 9.95. The molecule has 1 aromatic carbocycles. The molecule has 2 aromatic rings. The van der Waals surface area contributed by atoms with E-state index in [1.165, 1.54) is 5.56 Å². The zero-order valence-electron chi connectivity index (χ0n) is 12.8. The normalized spacial score (nSPS) is 14.0. The molecule has 0 unspecified atom stereocenters. The highest BCUT2D eigenvalue weighted by molar-refractivity contribution is 6.04. The fourth-order valence-electron chi connectivity index (χ4n) is 2.75. The molecular weight excluding hydrogens is 262 g/mol. The standard InChI is InChI=1S/C17H21N3O/c1-17(2,3)11-7-9-12(10-8-11)18-16(21)15-13-5-4-6-14(13)19-20-15/h7-10H,4-6H2,1-3H3,(H,18,21)(H,19,20). The molecule has 0 radical (unpaired) electrons. The summed E-state index contributed by atoms with van der Waals surface area (Å²) in [6.07, 6.45) is 3.04. The van der Waals surface area contributed by atoms with E-state index in [1.807, 2.05) is 12.1 Å². The topological polar surface area (TPSA) is 57.8 Å². The van der Waals surface area contributed by atoms with E-state index < -0.39 is 0 Å². The van der Waals surface area contributed by atoms with Crippen molar-refractivity contribution in [2.75, 3.05) is 5.32 Å². The number of rotatable bonds is 2. The van der Waals surface area contributed by atoms with E-state index in [0.29, 0.717) is 5.69 Å². The maximum absolute atomic E-state index is 12.3. The summed E-state index contributed by atoms with van der Waals surface area (Å²) in [5, 5.41) is 10.1. The van der Waals surface area contributed by atoms with Gasteiger partial charge < -0.3 is 5.32 Å². The quantitative estimate of drug-likeness (QED) is 0.887. The van der Waals surface area contributed by atoms with Gasteiger partial charge in [-0.25, -0.2) is 0 Å². The number of hydrogen-bond acceptors (Lipinski definition) is 2. The number of amides is 1. The molecule has 0 saturated carbocycles. The maximum atomic E-state index is 12.3. The summed E-state index contributed by atoms with van der Waals surface area (Å²) < 4.78 is 0. The number of fused-ring (bicyclic) bond motifs is 1. The van der Waals surface area contributed by atoms with Crippen LogP contribution in [0.2, 0.25) is 0 Å². The number of anilines is 1. The zero-order valence-corrected chi connectivity index (χ0v) is 12.8. The van der Waals surface area contributed by atoms with Gasteiger partial charge in [-0.1, -0.05) is 32.9 Å². The Balaban J connectivity index is 1.76. The molecule has 0 spiro atoms. The van der Waals surface area contributed by atoms with Crippen molar-refractivity contribution in [1.29, 1.82) is 0 Å². The first kappa shape index (κ1) is 13.9. The lowest BCUT2D eigenvalue weighted by molar-refractivity contribution is 0.102. The summed E-state index contributed by atoms with van der Waals surface area (Å²) >= 11 is 0. The molecule has 1 aromatic heterocycles. The summed E-state index contributed by atoms with van der Waals surface area (Å²) in [6.45, 7) is 6.52. The summed E-state index contributed by atoms with van der Waals surface area (Å²) in [7, 11) is 0. The lowest BCUT2D eigenvalue weighted by atomic mass is 9.87. The molecule has 1 amide bonds. The lowest BCUT2D eigenvalue weighted by Gasteiger charge is -2.19. The Morgan fingerprint density at radius 3 is 2.57 bits per heavy atom. The minimum atomic E-state index is -0.127. The van der Waals surface area contributed by atoms with Crippen LogP contribution in [-0.2, 0) is 18.3 Å². The van der Waals surface area contributed by atoms with Crippen molar-refractivity contribution in [3.05, 3.63) is 46.8 Å². The number of aromatic nitrogens is 2. The van der Waals surface area contributed by atoms with Crippen molar-refractivity contribution in [3.8, 4) is 0 Å². The Hall–Kier alpha value is -2.10. The van der Waals surface area contributed by atoms with Crippen molar-refractivity contribution >= 4 is 11.6 Å². The number of benzene rings is 1. The Labute approximate surface area is 125 Å². The first-order valence-electron chi connectivity index (χ1n) is 7.43. The third-order valence-corrected chi connectivity index (χ3v) is 4.03. The molecule has 0 fully saturated rings. The largest absolute Gasteiger partial charge is 0.321 e. The first-order valence-corrected chi connectivity index (χ1v) is 7.43. The Bertz CT molecular complexity index is 662. The van der Waals surface area contributed by atoms with Crippen LogP contribution in [0, 0.1) is 0 Å². The van der Waals surface area contributed by atoms with Gasteiger partial charge in [0.15, 0.2) is 5.69 Å². The average Bonchev–Trinajstić information content (AvgIpc) is 3.00. The van der Waals surface area contributed by atoms with Gasteiger partial charge in [0.2, 0.25) is 0 Å². The highest BCUT2D eigenvalue weighted by Crippen LogP contribution is 2.25. The van der Waals surface area contributed by atoms with E-state index in [0.717, 1.165) is 36.2 Å². The van der Waals surface area contributed by atoms with E-state index in [2.05, 4.69) is 48.4 Å². The molecule has 110 valence electrons. The molecule has 4 heteroatoms. The number of aryl methyl sites for hydroxylation is 1. The SMILES string of the molecule is CC(C)(C)c1ccc(NC(=O)c2n[nH]c3c2CCC3)cc1. The Kier molecular flexibility index (Phi) is 3.32. The molecule has 1 heterocycles. The molecular formula is C17H21N3O. The van der Waals surface area contributed by atoms with Crippen molar-refractivity contribution in [1.82, 2.24) is 10.2 Å². The highest BCUT2D eigenvalue weighted by atomic mass is 16.1. The van der Waals surface area contributed by atoms with Crippen LogP contribution in [0.15, 0.2) is 24.3 Å². The van der Waals surface area contributed by atoms with Gasteiger partial charge in [-0.2, -0.15) is 5.10 Å². The fourth-order valence-corrected chi connectivity index (χ4v) is 2.75. The van der Waals surface area contributed by atoms with Crippen LogP contribution in [0.25, 0.3) is 0 Å². The van der Waals surface area contributed by atoms with Crippen molar-refractivity contribution in [2.24, 2.45) is 0 Å². The molecule has 4 nitrogen and oxygen atoms in total.